The minimum absolute atomic E-state index is 0.129. The molecular formula is C42H82O6. The van der Waals surface area contributed by atoms with Crippen LogP contribution in [0.4, 0.5) is 0 Å². The van der Waals surface area contributed by atoms with Gasteiger partial charge in [0.25, 0.3) is 0 Å². The van der Waals surface area contributed by atoms with Crippen LogP contribution in [0.3, 0.4) is 0 Å². The maximum atomic E-state index is 11.9. The summed E-state index contributed by atoms with van der Waals surface area (Å²) in [5, 5.41) is 0. The highest BCUT2D eigenvalue weighted by molar-refractivity contribution is 5.69. The second kappa shape index (κ2) is 42.0. The summed E-state index contributed by atoms with van der Waals surface area (Å²) >= 11 is 0. The van der Waals surface area contributed by atoms with Gasteiger partial charge in [-0.3, -0.25) is 9.59 Å². The largest absolute Gasteiger partial charge is 0.463 e. The Labute approximate surface area is 298 Å². The van der Waals surface area contributed by atoms with Crippen LogP contribution >= 0.6 is 0 Å². The Balaban J connectivity index is 3.23. The van der Waals surface area contributed by atoms with Crippen LogP contribution in [-0.2, 0) is 28.5 Å². The standard InChI is InChI=1S/C42H82O6/c1-3-5-7-9-11-13-15-17-19-21-23-25-27-29-31-33-41(43)47-39-37-45-35-36-46-38-40-48-42(44)34-32-30-28-26-24-22-20-18-16-14-12-10-8-6-4-2/h3-40H2,1-2H3. The molecule has 0 aliphatic rings. The van der Waals surface area contributed by atoms with E-state index in [9.17, 15) is 9.59 Å². The zero-order chi connectivity index (χ0) is 34.9. The van der Waals surface area contributed by atoms with Crippen molar-refractivity contribution in [1.82, 2.24) is 0 Å². The molecule has 0 radical (unpaired) electrons. The number of ether oxygens (including phenoxy) is 4. The van der Waals surface area contributed by atoms with Gasteiger partial charge in [-0.1, -0.05) is 194 Å². The van der Waals surface area contributed by atoms with E-state index in [0.717, 1.165) is 25.7 Å². The van der Waals surface area contributed by atoms with Crippen molar-refractivity contribution in [3.63, 3.8) is 0 Å². The van der Waals surface area contributed by atoms with Crippen molar-refractivity contribution in [2.45, 2.75) is 219 Å². The minimum Gasteiger partial charge on any atom is -0.463 e. The average molecular weight is 683 g/mol. The van der Waals surface area contributed by atoms with Gasteiger partial charge in [0.1, 0.15) is 13.2 Å². The molecule has 6 nitrogen and oxygen atoms in total. The van der Waals surface area contributed by atoms with Gasteiger partial charge in [0.15, 0.2) is 0 Å². The van der Waals surface area contributed by atoms with Crippen molar-refractivity contribution in [3.8, 4) is 0 Å². The fraction of sp³-hybridized carbons (Fsp3) is 0.952. The van der Waals surface area contributed by atoms with Crippen molar-refractivity contribution in [3.05, 3.63) is 0 Å². The zero-order valence-electron chi connectivity index (χ0n) is 32.3. The maximum absolute atomic E-state index is 11.9. The van der Waals surface area contributed by atoms with Crippen molar-refractivity contribution in [2.24, 2.45) is 0 Å². The fourth-order valence-corrected chi connectivity index (χ4v) is 6.18. The molecule has 0 bridgehead atoms. The van der Waals surface area contributed by atoms with Gasteiger partial charge in [0, 0.05) is 12.8 Å². The van der Waals surface area contributed by atoms with Gasteiger partial charge in [0.2, 0.25) is 0 Å². The second-order valence-electron chi connectivity index (χ2n) is 14.1. The maximum Gasteiger partial charge on any atom is 0.305 e. The molecule has 0 aromatic rings. The molecule has 0 rings (SSSR count). The Kier molecular flexibility index (Phi) is 41.0. The van der Waals surface area contributed by atoms with Gasteiger partial charge in [-0.2, -0.15) is 0 Å². The molecule has 0 amide bonds. The molecule has 0 aromatic heterocycles. The van der Waals surface area contributed by atoms with E-state index >= 15 is 0 Å². The molecule has 0 aromatic carbocycles. The van der Waals surface area contributed by atoms with Gasteiger partial charge in [-0.05, 0) is 12.8 Å². The lowest BCUT2D eigenvalue weighted by Crippen LogP contribution is -2.15. The predicted molar refractivity (Wildman–Crippen MR) is 203 cm³/mol. The molecule has 0 saturated heterocycles. The highest BCUT2D eigenvalue weighted by Gasteiger charge is 2.04. The first-order valence-corrected chi connectivity index (χ1v) is 21.2. The van der Waals surface area contributed by atoms with Crippen LogP contribution in [0.5, 0.6) is 0 Å². The van der Waals surface area contributed by atoms with Gasteiger partial charge in [-0.15, -0.1) is 0 Å². The van der Waals surface area contributed by atoms with Crippen LogP contribution in [-0.4, -0.2) is 51.6 Å². The average Bonchev–Trinajstić information content (AvgIpc) is 3.09. The SMILES string of the molecule is CCCCCCCCCCCCCCCCCC(=O)OCCOCCOCCOC(=O)CCCCCCCCCCCCCCCCC. The summed E-state index contributed by atoms with van der Waals surface area (Å²) in [6, 6.07) is 0. The molecule has 0 N–H and O–H groups in total. The van der Waals surface area contributed by atoms with Crippen molar-refractivity contribution in [2.75, 3.05) is 39.6 Å². The first kappa shape index (κ1) is 46.9. The summed E-state index contributed by atoms with van der Waals surface area (Å²) in [5.41, 5.74) is 0. The number of rotatable bonds is 41. The summed E-state index contributed by atoms with van der Waals surface area (Å²) in [4.78, 5) is 23.8. The Morgan fingerprint density at radius 1 is 0.292 bits per heavy atom. The molecule has 48 heavy (non-hydrogen) atoms. The van der Waals surface area contributed by atoms with E-state index < -0.39 is 0 Å². The minimum atomic E-state index is -0.129. The molecule has 0 fully saturated rings. The van der Waals surface area contributed by atoms with E-state index in [1.165, 1.54) is 167 Å². The third-order valence-corrected chi connectivity index (χ3v) is 9.32. The van der Waals surface area contributed by atoms with Crippen molar-refractivity contribution >= 4 is 11.9 Å². The molecule has 0 aliphatic carbocycles. The van der Waals surface area contributed by atoms with Crippen molar-refractivity contribution in [1.29, 1.82) is 0 Å². The first-order chi connectivity index (χ1) is 23.7. The summed E-state index contributed by atoms with van der Waals surface area (Å²) in [6.45, 7) is 6.75. The normalized spacial score (nSPS) is 11.3. The first-order valence-electron chi connectivity index (χ1n) is 21.2. The number of carbonyl (C=O) groups excluding carboxylic acids is 2. The highest BCUT2D eigenvalue weighted by atomic mass is 16.6. The molecule has 0 saturated carbocycles. The van der Waals surface area contributed by atoms with Gasteiger partial charge >= 0.3 is 11.9 Å². The Morgan fingerprint density at radius 2 is 0.500 bits per heavy atom. The molecule has 6 heteroatoms. The van der Waals surface area contributed by atoms with E-state index in [-0.39, 0.29) is 25.2 Å². The van der Waals surface area contributed by atoms with E-state index in [1.807, 2.05) is 0 Å². The van der Waals surface area contributed by atoms with E-state index in [4.69, 9.17) is 18.9 Å². The summed E-state index contributed by atoms with van der Waals surface area (Å²) in [7, 11) is 0. The molecule has 0 heterocycles. The van der Waals surface area contributed by atoms with Crippen LogP contribution in [0.15, 0.2) is 0 Å². The fourth-order valence-electron chi connectivity index (χ4n) is 6.18. The van der Waals surface area contributed by atoms with Crippen LogP contribution < -0.4 is 0 Å². The third kappa shape index (κ3) is 41.0. The van der Waals surface area contributed by atoms with Gasteiger partial charge in [0.05, 0.1) is 26.4 Å². The third-order valence-electron chi connectivity index (χ3n) is 9.32. The van der Waals surface area contributed by atoms with Crippen molar-refractivity contribution < 1.29 is 28.5 Å². The number of hydrogen-bond donors (Lipinski definition) is 0. The van der Waals surface area contributed by atoms with Crippen LogP contribution in [0, 0.1) is 0 Å². The lowest BCUT2D eigenvalue weighted by molar-refractivity contribution is -0.147. The Hall–Kier alpha value is -1.14. The zero-order valence-corrected chi connectivity index (χ0v) is 32.3. The molecule has 0 spiro atoms. The summed E-state index contributed by atoms with van der Waals surface area (Å²) in [6.07, 6.45) is 40.6. The molecule has 286 valence electrons. The second-order valence-corrected chi connectivity index (χ2v) is 14.1. The highest BCUT2D eigenvalue weighted by Crippen LogP contribution is 2.15. The van der Waals surface area contributed by atoms with Gasteiger partial charge < -0.3 is 18.9 Å². The lowest BCUT2D eigenvalue weighted by atomic mass is 10.0. The lowest BCUT2D eigenvalue weighted by Gasteiger charge is -2.08. The number of unbranched alkanes of at least 4 members (excludes halogenated alkanes) is 28. The van der Waals surface area contributed by atoms with Crippen LogP contribution in [0.1, 0.15) is 219 Å². The topological polar surface area (TPSA) is 71.1 Å². The number of hydrogen-bond acceptors (Lipinski definition) is 6. The monoisotopic (exact) mass is 683 g/mol. The quantitative estimate of drug-likeness (QED) is 0.0472. The van der Waals surface area contributed by atoms with E-state index in [2.05, 4.69) is 13.8 Å². The molecular weight excluding hydrogens is 600 g/mol. The van der Waals surface area contributed by atoms with Crippen LogP contribution in [0.2, 0.25) is 0 Å². The molecule has 0 aliphatic heterocycles. The predicted octanol–water partition coefficient (Wildman–Crippen LogP) is 12.6. The smallest absolute Gasteiger partial charge is 0.305 e. The van der Waals surface area contributed by atoms with E-state index in [1.54, 1.807) is 0 Å². The van der Waals surface area contributed by atoms with Crippen LogP contribution in [0.25, 0.3) is 0 Å². The molecule has 0 atom stereocenters. The Bertz CT molecular complexity index is 586. The number of esters is 2. The summed E-state index contributed by atoms with van der Waals surface area (Å²) < 4.78 is 21.5. The molecule has 0 unspecified atom stereocenters. The summed E-state index contributed by atoms with van der Waals surface area (Å²) in [5.74, 6) is -0.258. The van der Waals surface area contributed by atoms with E-state index in [0.29, 0.717) is 39.3 Å². The van der Waals surface area contributed by atoms with Gasteiger partial charge in [-0.25, -0.2) is 0 Å². The number of carbonyl (C=O) groups is 2. The Morgan fingerprint density at radius 3 is 0.750 bits per heavy atom.